The molecule has 0 radical (unpaired) electrons. The van der Waals surface area contributed by atoms with Gasteiger partial charge in [-0.25, -0.2) is 0 Å². The number of amides is 1. The summed E-state index contributed by atoms with van der Waals surface area (Å²) >= 11 is 0. The zero-order valence-electron chi connectivity index (χ0n) is 9.78. The maximum absolute atomic E-state index is 11.5. The molecule has 0 saturated heterocycles. The Kier molecular flexibility index (Phi) is 6.24. The van der Waals surface area contributed by atoms with Crippen molar-refractivity contribution in [1.29, 1.82) is 0 Å². The number of hydrogen-bond donors (Lipinski definition) is 4. The second-order valence-corrected chi connectivity index (χ2v) is 3.81. The molecular formula is C12H19N3O2. The smallest absolute Gasteiger partial charge is 0.224 e. The zero-order chi connectivity index (χ0) is 12.5. The molecule has 1 amide bonds. The number of aliphatic hydroxyl groups is 1. The topological polar surface area (TPSA) is 87.4 Å². The lowest BCUT2D eigenvalue weighted by molar-refractivity contribution is -0.116. The highest BCUT2D eigenvalue weighted by Gasteiger charge is 2.01. The number of carbonyl (C=O) groups is 1. The van der Waals surface area contributed by atoms with E-state index in [9.17, 15) is 4.79 Å². The van der Waals surface area contributed by atoms with Crippen LogP contribution < -0.4 is 16.6 Å². The second kappa shape index (κ2) is 7.78. The van der Waals surface area contributed by atoms with Crippen LogP contribution in [0.15, 0.2) is 24.3 Å². The van der Waals surface area contributed by atoms with E-state index in [4.69, 9.17) is 10.9 Å². The highest BCUT2D eigenvalue weighted by Crippen LogP contribution is 2.10. The molecule has 5 heteroatoms. The van der Waals surface area contributed by atoms with Crippen LogP contribution in [0.4, 0.5) is 5.69 Å². The van der Waals surface area contributed by atoms with Gasteiger partial charge in [-0.2, -0.15) is 0 Å². The molecule has 0 atom stereocenters. The van der Waals surface area contributed by atoms with Crippen molar-refractivity contribution in [3.05, 3.63) is 29.8 Å². The Morgan fingerprint density at radius 2 is 1.94 bits per heavy atom. The zero-order valence-corrected chi connectivity index (χ0v) is 9.78. The molecule has 1 rings (SSSR count). The van der Waals surface area contributed by atoms with E-state index in [0.717, 1.165) is 30.6 Å². The van der Waals surface area contributed by atoms with Crippen molar-refractivity contribution in [3.63, 3.8) is 0 Å². The molecule has 1 aromatic carbocycles. The molecule has 0 saturated carbocycles. The summed E-state index contributed by atoms with van der Waals surface area (Å²) in [6, 6.07) is 7.14. The molecule has 0 bridgehead atoms. The van der Waals surface area contributed by atoms with E-state index in [1.807, 2.05) is 0 Å². The minimum Gasteiger partial charge on any atom is -0.392 e. The third-order valence-electron chi connectivity index (χ3n) is 2.40. The van der Waals surface area contributed by atoms with Gasteiger partial charge in [-0.15, -0.1) is 0 Å². The Hall–Kier alpha value is -1.43. The van der Waals surface area contributed by atoms with Gasteiger partial charge in [-0.3, -0.25) is 16.1 Å². The second-order valence-electron chi connectivity index (χ2n) is 3.81. The van der Waals surface area contributed by atoms with Crippen LogP contribution in [0.25, 0.3) is 0 Å². The lowest BCUT2D eigenvalue weighted by atomic mass is 10.2. The molecule has 0 spiro atoms. The van der Waals surface area contributed by atoms with Crippen LogP contribution in [0.2, 0.25) is 0 Å². The van der Waals surface area contributed by atoms with E-state index in [1.165, 1.54) is 0 Å². The summed E-state index contributed by atoms with van der Waals surface area (Å²) in [6.45, 7) is 0.735. The molecule has 5 nitrogen and oxygen atoms in total. The molecule has 0 aliphatic rings. The first-order chi connectivity index (χ1) is 8.26. The quantitative estimate of drug-likeness (QED) is 0.320. The maximum atomic E-state index is 11.5. The Morgan fingerprint density at radius 1 is 1.24 bits per heavy atom. The first kappa shape index (κ1) is 13.6. The van der Waals surface area contributed by atoms with Gasteiger partial charge in [-0.1, -0.05) is 12.1 Å². The highest BCUT2D eigenvalue weighted by molar-refractivity contribution is 5.90. The fourth-order valence-corrected chi connectivity index (χ4v) is 1.43. The van der Waals surface area contributed by atoms with Crippen LogP contribution in [0.3, 0.4) is 0 Å². The summed E-state index contributed by atoms with van der Waals surface area (Å²) in [7, 11) is 0. The van der Waals surface area contributed by atoms with Gasteiger partial charge in [0.05, 0.1) is 6.61 Å². The number of anilines is 1. The Labute approximate surface area is 101 Å². The summed E-state index contributed by atoms with van der Waals surface area (Å²) in [5, 5.41) is 11.7. The monoisotopic (exact) mass is 237 g/mol. The predicted molar refractivity (Wildman–Crippen MR) is 67.0 cm³/mol. The minimum absolute atomic E-state index is 0.00114. The van der Waals surface area contributed by atoms with E-state index >= 15 is 0 Å². The fourth-order valence-electron chi connectivity index (χ4n) is 1.43. The van der Waals surface area contributed by atoms with Gasteiger partial charge in [0.2, 0.25) is 5.91 Å². The van der Waals surface area contributed by atoms with E-state index in [2.05, 4.69) is 10.7 Å². The van der Waals surface area contributed by atoms with Crippen molar-refractivity contribution in [2.24, 2.45) is 5.84 Å². The number of hydrazine groups is 1. The first-order valence-electron chi connectivity index (χ1n) is 5.69. The molecule has 17 heavy (non-hydrogen) atoms. The fraction of sp³-hybridized carbons (Fsp3) is 0.417. The molecule has 0 aliphatic carbocycles. The Balaban J connectivity index is 2.29. The van der Waals surface area contributed by atoms with Gasteiger partial charge in [0, 0.05) is 18.7 Å². The molecule has 0 fully saturated rings. The molecular weight excluding hydrogens is 218 g/mol. The summed E-state index contributed by atoms with van der Waals surface area (Å²) in [5.74, 6) is 5.12. The highest BCUT2D eigenvalue weighted by atomic mass is 16.3. The lowest BCUT2D eigenvalue weighted by Gasteiger charge is -2.05. The number of aliphatic hydroxyl groups excluding tert-OH is 1. The van der Waals surface area contributed by atoms with E-state index in [0.29, 0.717) is 6.42 Å². The Morgan fingerprint density at radius 3 is 2.53 bits per heavy atom. The first-order valence-corrected chi connectivity index (χ1v) is 5.69. The maximum Gasteiger partial charge on any atom is 0.224 e. The van der Waals surface area contributed by atoms with Crippen molar-refractivity contribution >= 4 is 11.6 Å². The number of benzene rings is 1. The molecule has 1 aromatic rings. The minimum atomic E-state index is -0.00114. The summed E-state index contributed by atoms with van der Waals surface area (Å²) < 4.78 is 0. The number of unbranched alkanes of at least 4 members (excludes halogenated alkanes) is 1. The van der Waals surface area contributed by atoms with Gasteiger partial charge in [0.25, 0.3) is 0 Å². The van der Waals surface area contributed by atoms with Crippen LogP contribution in [-0.4, -0.2) is 17.6 Å². The average molecular weight is 237 g/mol. The van der Waals surface area contributed by atoms with E-state index in [-0.39, 0.29) is 12.5 Å². The van der Waals surface area contributed by atoms with Crippen LogP contribution in [-0.2, 0) is 11.4 Å². The van der Waals surface area contributed by atoms with Gasteiger partial charge in [-0.05, 0) is 30.5 Å². The molecule has 0 aromatic heterocycles. The number of nitrogens with two attached hydrogens (primary N) is 1. The largest absolute Gasteiger partial charge is 0.392 e. The molecule has 94 valence electrons. The average Bonchev–Trinajstić information content (AvgIpc) is 2.36. The van der Waals surface area contributed by atoms with Crippen LogP contribution in [0.5, 0.6) is 0 Å². The third kappa shape index (κ3) is 5.44. The molecule has 0 unspecified atom stereocenters. The number of nitrogens with one attached hydrogen (secondary N) is 2. The van der Waals surface area contributed by atoms with Crippen molar-refractivity contribution in [1.82, 2.24) is 5.43 Å². The normalized spacial score (nSPS) is 10.2. The molecule has 0 heterocycles. The van der Waals surface area contributed by atoms with E-state index in [1.54, 1.807) is 24.3 Å². The van der Waals surface area contributed by atoms with Crippen LogP contribution >= 0.6 is 0 Å². The van der Waals surface area contributed by atoms with Crippen molar-refractivity contribution in [3.8, 4) is 0 Å². The van der Waals surface area contributed by atoms with Crippen molar-refractivity contribution in [2.45, 2.75) is 25.9 Å². The number of hydrogen-bond acceptors (Lipinski definition) is 4. The summed E-state index contributed by atoms with van der Waals surface area (Å²) in [4.78, 5) is 11.5. The SMILES string of the molecule is NNCCCCC(=O)Nc1ccc(CO)cc1. The van der Waals surface area contributed by atoms with Crippen LogP contribution in [0, 0.1) is 0 Å². The van der Waals surface area contributed by atoms with Crippen LogP contribution in [0.1, 0.15) is 24.8 Å². The lowest BCUT2D eigenvalue weighted by Crippen LogP contribution is -2.23. The third-order valence-corrected chi connectivity index (χ3v) is 2.40. The number of rotatable bonds is 7. The summed E-state index contributed by atoms with van der Waals surface area (Å²) in [5.41, 5.74) is 4.13. The van der Waals surface area contributed by atoms with Gasteiger partial charge >= 0.3 is 0 Å². The van der Waals surface area contributed by atoms with Gasteiger partial charge < -0.3 is 10.4 Å². The molecule has 5 N–H and O–H groups in total. The Bertz CT molecular complexity index is 338. The van der Waals surface area contributed by atoms with Crippen molar-refractivity contribution < 1.29 is 9.90 Å². The predicted octanol–water partition coefficient (Wildman–Crippen LogP) is 0.751. The number of carbonyl (C=O) groups excluding carboxylic acids is 1. The van der Waals surface area contributed by atoms with Crippen molar-refractivity contribution in [2.75, 3.05) is 11.9 Å². The standard InChI is InChI=1S/C12H19N3O2/c13-14-8-2-1-3-12(17)15-11-6-4-10(9-16)5-7-11/h4-7,14,16H,1-3,8-9,13H2,(H,15,17). The van der Waals surface area contributed by atoms with E-state index < -0.39 is 0 Å². The molecule has 0 aliphatic heterocycles. The van der Waals surface area contributed by atoms with Gasteiger partial charge in [0.1, 0.15) is 0 Å². The van der Waals surface area contributed by atoms with Gasteiger partial charge in [0.15, 0.2) is 0 Å². The summed E-state index contributed by atoms with van der Waals surface area (Å²) in [6.07, 6.45) is 2.18.